The summed E-state index contributed by atoms with van der Waals surface area (Å²) in [6.07, 6.45) is 2.60. The molecule has 0 aromatic heterocycles. The van der Waals surface area contributed by atoms with E-state index in [9.17, 15) is 9.59 Å². The quantitative estimate of drug-likeness (QED) is 0.848. The van der Waals surface area contributed by atoms with E-state index in [1.54, 1.807) is 18.9 Å². The maximum atomic E-state index is 13.2. The second-order valence-electron chi connectivity index (χ2n) is 7.50. The highest BCUT2D eigenvalue weighted by atomic mass is 16.5. The molecule has 0 radical (unpaired) electrons. The zero-order chi connectivity index (χ0) is 19.8. The SMILES string of the molecule is COc1ccc([C@@H]2[C@@H]3C(=O)C[C@H](C)C=C3Nc3ccccc3N2C(C)=O)cc1. The molecule has 144 valence electrons. The molecule has 0 fully saturated rings. The molecule has 0 unspecified atom stereocenters. The summed E-state index contributed by atoms with van der Waals surface area (Å²) < 4.78 is 5.28. The lowest BCUT2D eigenvalue weighted by Gasteiger charge is -2.36. The first-order valence-electron chi connectivity index (χ1n) is 9.54. The Morgan fingerprint density at radius 2 is 1.86 bits per heavy atom. The Labute approximate surface area is 165 Å². The molecule has 0 saturated carbocycles. The monoisotopic (exact) mass is 376 g/mol. The summed E-state index contributed by atoms with van der Waals surface area (Å²) in [4.78, 5) is 27.7. The van der Waals surface area contributed by atoms with E-state index in [2.05, 4.69) is 11.4 Å². The van der Waals surface area contributed by atoms with Gasteiger partial charge in [-0.2, -0.15) is 0 Å². The number of anilines is 2. The molecule has 0 spiro atoms. The van der Waals surface area contributed by atoms with Crippen LogP contribution in [0.2, 0.25) is 0 Å². The Kier molecular flexibility index (Phi) is 4.67. The maximum absolute atomic E-state index is 13.2. The molecule has 5 heteroatoms. The number of methoxy groups -OCH3 is 1. The number of rotatable bonds is 2. The number of carbonyl (C=O) groups is 2. The van der Waals surface area contributed by atoms with Crippen molar-refractivity contribution in [3.05, 3.63) is 65.9 Å². The van der Waals surface area contributed by atoms with E-state index in [0.29, 0.717) is 6.42 Å². The molecule has 1 heterocycles. The van der Waals surface area contributed by atoms with Crippen LogP contribution in [0.5, 0.6) is 5.75 Å². The minimum absolute atomic E-state index is 0.0947. The van der Waals surface area contributed by atoms with Gasteiger partial charge in [0.25, 0.3) is 0 Å². The molecule has 2 aromatic carbocycles. The van der Waals surface area contributed by atoms with Crippen molar-refractivity contribution in [2.75, 3.05) is 17.3 Å². The van der Waals surface area contributed by atoms with Crippen molar-refractivity contribution < 1.29 is 14.3 Å². The van der Waals surface area contributed by atoms with Crippen molar-refractivity contribution in [2.45, 2.75) is 26.3 Å². The summed E-state index contributed by atoms with van der Waals surface area (Å²) in [5, 5.41) is 3.45. The van der Waals surface area contributed by atoms with E-state index >= 15 is 0 Å². The number of ether oxygens (including phenoxy) is 1. The third-order valence-corrected chi connectivity index (χ3v) is 5.50. The number of amides is 1. The number of nitrogens with zero attached hydrogens (tertiary/aromatic N) is 1. The Morgan fingerprint density at radius 3 is 2.54 bits per heavy atom. The molecule has 2 aromatic rings. The van der Waals surface area contributed by atoms with E-state index in [1.807, 2.05) is 55.5 Å². The normalized spacial score (nSPS) is 23.7. The van der Waals surface area contributed by atoms with Gasteiger partial charge in [0, 0.05) is 19.0 Å². The highest BCUT2D eigenvalue weighted by Gasteiger charge is 2.43. The third kappa shape index (κ3) is 3.07. The van der Waals surface area contributed by atoms with Crippen LogP contribution in [0.15, 0.2) is 60.3 Å². The second kappa shape index (κ2) is 7.15. The highest BCUT2D eigenvalue weighted by Crippen LogP contribution is 2.46. The van der Waals surface area contributed by atoms with Gasteiger partial charge in [-0.15, -0.1) is 0 Å². The van der Waals surface area contributed by atoms with Crippen LogP contribution in [-0.2, 0) is 9.59 Å². The molecule has 1 aliphatic heterocycles. The average molecular weight is 376 g/mol. The van der Waals surface area contributed by atoms with E-state index in [1.165, 1.54) is 0 Å². The van der Waals surface area contributed by atoms with E-state index in [-0.39, 0.29) is 17.6 Å². The average Bonchev–Trinajstić information content (AvgIpc) is 2.82. The lowest BCUT2D eigenvalue weighted by atomic mass is 9.78. The van der Waals surface area contributed by atoms with Gasteiger partial charge in [0.2, 0.25) is 5.91 Å². The van der Waals surface area contributed by atoms with Gasteiger partial charge >= 0.3 is 0 Å². The lowest BCUT2D eigenvalue weighted by Crippen LogP contribution is -2.41. The summed E-state index contributed by atoms with van der Waals surface area (Å²) in [6, 6.07) is 14.9. The largest absolute Gasteiger partial charge is 0.497 e. The number of ketones is 1. The Hall–Kier alpha value is -3.08. The lowest BCUT2D eigenvalue weighted by molar-refractivity contribution is -0.124. The van der Waals surface area contributed by atoms with E-state index in [0.717, 1.165) is 28.4 Å². The predicted octanol–water partition coefficient (Wildman–Crippen LogP) is 4.32. The van der Waals surface area contributed by atoms with Crippen molar-refractivity contribution in [1.82, 2.24) is 0 Å². The van der Waals surface area contributed by atoms with Gasteiger partial charge in [-0.3, -0.25) is 9.59 Å². The Morgan fingerprint density at radius 1 is 1.14 bits per heavy atom. The fourth-order valence-corrected chi connectivity index (χ4v) is 4.30. The zero-order valence-corrected chi connectivity index (χ0v) is 16.3. The number of carbonyl (C=O) groups excluding carboxylic acids is 2. The van der Waals surface area contributed by atoms with Crippen LogP contribution < -0.4 is 15.0 Å². The van der Waals surface area contributed by atoms with Crippen LogP contribution in [0.4, 0.5) is 11.4 Å². The van der Waals surface area contributed by atoms with Gasteiger partial charge in [-0.25, -0.2) is 0 Å². The zero-order valence-electron chi connectivity index (χ0n) is 16.3. The number of allylic oxidation sites excluding steroid dienone is 1. The first-order chi connectivity index (χ1) is 13.5. The number of para-hydroxylation sites is 2. The van der Waals surface area contributed by atoms with Crippen molar-refractivity contribution in [1.29, 1.82) is 0 Å². The van der Waals surface area contributed by atoms with Crippen molar-refractivity contribution >= 4 is 23.1 Å². The van der Waals surface area contributed by atoms with Gasteiger partial charge < -0.3 is 15.0 Å². The summed E-state index contributed by atoms with van der Waals surface area (Å²) in [6.45, 7) is 3.60. The van der Waals surface area contributed by atoms with Gasteiger partial charge in [-0.1, -0.05) is 37.3 Å². The summed E-state index contributed by atoms with van der Waals surface area (Å²) >= 11 is 0. The second-order valence-corrected chi connectivity index (χ2v) is 7.50. The summed E-state index contributed by atoms with van der Waals surface area (Å²) in [7, 11) is 1.62. The van der Waals surface area contributed by atoms with E-state index < -0.39 is 12.0 Å². The molecule has 1 aliphatic carbocycles. The highest BCUT2D eigenvalue weighted by molar-refractivity contribution is 6.00. The molecule has 2 aliphatic rings. The van der Waals surface area contributed by atoms with Crippen LogP contribution in [0.1, 0.15) is 31.9 Å². The summed E-state index contributed by atoms with van der Waals surface area (Å²) in [5.41, 5.74) is 3.41. The summed E-state index contributed by atoms with van der Waals surface area (Å²) in [5.74, 6) is 0.532. The first-order valence-corrected chi connectivity index (χ1v) is 9.54. The number of Topliss-reactive ketones (excluding diaryl/α,β-unsaturated/α-hetero) is 1. The standard InChI is InChI=1S/C23H24N2O3/c1-14-12-19-22(21(27)13-14)23(16-8-10-17(28-3)11-9-16)25(15(2)26)20-7-5-4-6-18(20)24-19/h4-12,14,22-24H,13H2,1-3H3/t14-,22+,23-/m1/s1. The number of hydrogen-bond acceptors (Lipinski definition) is 4. The van der Waals surface area contributed by atoms with Gasteiger partial charge in [0.05, 0.1) is 30.4 Å². The molecule has 0 bridgehead atoms. The Balaban J connectivity index is 1.95. The first kappa shape index (κ1) is 18.3. The molecule has 0 saturated heterocycles. The van der Waals surface area contributed by atoms with Crippen LogP contribution in [0.3, 0.4) is 0 Å². The molecular weight excluding hydrogens is 352 g/mol. The molecule has 1 N–H and O–H groups in total. The fraction of sp³-hybridized carbons (Fsp3) is 0.304. The van der Waals surface area contributed by atoms with Gasteiger partial charge in [0.15, 0.2) is 0 Å². The number of fused-ring (bicyclic) bond motifs is 2. The van der Waals surface area contributed by atoms with Crippen LogP contribution in [0, 0.1) is 11.8 Å². The van der Waals surface area contributed by atoms with Crippen molar-refractivity contribution in [2.24, 2.45) is 11.8 Å². The van der Waals surface area contributed by atoms with E-state index in [4.69, 9.17) is 4.74 Å². The van der Waals surface area contributed by atoms with Gasteiger partial charge in [0.1, 0.15) is 11.5 Å². The topological polar surface area (TPSA) is 58.6 Å². The third-order valence-electron chi connectivity index (χ3n) is 5.50. The fourth-order valence-electron chi connectivity index (χ4n) is 4.30. The molecule has 28 heavy (non-hydrogen) atoms. The molecular formula is C23H24N2O3. The molecule has 4 rings (SSSR count). The van der Waals surface area contributed by atoms with Crippen LogP contribution in [0.25, 0.3) is 0 Å². The minimum Gasteiger partial charge on any atom is -0.497 e. The smallest absolute Gasteiger partial charge is 0.224 e. The van der Waals surface area contributed by atoms with Crippen LogP contribution >= 0.6 is 0 Å². The molecule has 1 amide bonds. The van der Waals surface area contributed by atoms with Gasteiger partial charge in [-0.05, 0) is 35.7 Å². The van der Waals surface area contributed by atoms with Crippen LogP contribution in [-0.4, -0.2) is 18.8 Å². The molecule has 3 atom stereocenters. The number of benzene rings is 2. The van der Waals surface area contributed by atoms with Crippen molar-refractivity contribution in [3.63, 3.8) is 0 Å². The van der Waals surface area contributed by atoms with Crippen molar-refractivity contribution in [3.8, 4) is 5.75 Å². The number of hydrogen-bond donors (Lipinski definition) is 1. The number of nitrogens with one attached hydrogen (secondary N) is 1. The molecule has 5 nitrogen and oxygen atoms in total. The predicted molar refractivity (Wildman–Crippen MR) is 109 cm³/mol. The maximum Gasteiger partial charge on any atom is 0.224 e. The minimum atomic E-state index is -0.430. The Bertz CT molecular complexity index is 949.